The molecule has 2 N–H and O–H groups in total. The van der Waals surface area contributed by atoms with Gasteiger partial charge in [0.15, 0.2) is 0 Å². The molecule has 0 spiro atoms. The Hall–Kier alpha value is -2.46. The van der Waals surface area contributed by atoms with Crippen LogP contribution in [-0.2, 0) is 6.42 Å². The van der Waals surface area contributed by atoms with Crippen molar-refractivity contribution in [2.45, 2.75) is 6.42 Å². The van der Waals surface area contributed by atoms with E-state index in [1.807, 2.05) is 30.3 Å². The van der Waals surface area contributed by atoms with Crippen LogP contribution in [0.2, 0.25) is 5.02 Å². The first-order valence-electron chi connectivity index (χ1n) is 6.41. The van der Waals surface area contributed by atoms with E-state index in [0.717, 1.165) is 22.0 Å². The van der Waals surface area contributed by atoms with Crippen LogP contribution >= 0.6 is 11.6 Å². The fraction of sp³-hybridized carbons (Fsp3) is 0.0625. The van der Waals surface area contributed by atoms with E-state index in [2.05, 4.69) is 9.97 Å². The minimum Gasteiger partial charge on any atom is -0.364 e. The van der Waals surface area contributed by atoms with Crippen LogP contribution in [0.15, 0.2) is 48.8 Å². The second-order valence-corrected chi connectivity index (χ2v) is 5.17. The lowest BCUT2D eigenvalue weighted by Gasteiger charge is -2.06. The molecule has 0 atom stereocenters. The van der Waals surface area contributed by atoms with Gasteiger partial charge in [0.25, 0.3) is 5.91 Å². The summed E-state index contributed by atoms with van der Waals surface area (Å²) in [5.74, 6) is -0.526. The number of nitrogens with two attached hydrogens (primary N) is 1. The van der Waals surface area contributed by atoms with Gasteiger partial charge in [-0.2, -0.15) is 0 Å². The van der Waals surface area contributed by atoms with Gasteiger partial charge in [0.1, 0.15) is 5.69 Å². The molecule has 0 bridgehead atoms. The normalized spacial score (nSPS) is 10.7. The van der Waals surface area contributed by atoms with Crippen LogP contribution in [0.1, 0.15) is 21.6 Å². The molecule has 0 saturated carbocycles. The molecule has 3 aromatic rings. The summed E-state index contributed by atoms with van der Waals surface area (Å²) in [7, 11) is 0. The molecule has 104 valence electrons. The third-order valence-electron chi connectivity index (χ3n) is 3.22. The van der Waals surface area contributed by atoms with Crippen molar-refractivity contribution in [2.75, 3.05) is 0 Å². The zero-order chi connectivity index (χ0) is 14.8. The van der Waals surface area contributed by atoms with Crippen molar-refractivity contribution in [3.63, 3.8) is 0 Å². The Morgan fingerprint density at radius 1 is 1.19 bits per heavy atom. The van der Waals surface area contributed by atoms with E-state index < -0.39 is 5.91 Å². The fourth-order valence-corrected chi connectivity index (χ4v) is 2.45. The van der Waals surface area contributed by atoms with Gasteiger partial charge in [-0.3, -0.25) is 14.8 Å². The predicted molar refractivity (Wildman–Crippen MR) is 82.3 cm³/mol. The first-order chi connectivity index (χ1) is 10.1. The van der Waals surface area contributed by atoms with Crippen molar-refractivity contribution in [1.29, 1.82) is 0 Å². The average Bonchev–Trinajstić information content (AvgIpc) is 2.47. The van der Waals surface area contributed by atoms with Crippen LogP contribution in [0.5, 0.6) is 0 Å². The van der Waals surface area contributed by atoms with Gasteiger partial charge in [-0.15, -0.1) is 0 Å². The van der Waals surface area contributed by atoms with Gasteiger partial charge >= 0.3 is 0 Å². The van der Waals surface area contributed by atoms with Gasteiger partial charge in [-0.05, 0) is 41.5 Å². The number of carbonyl (C=O) groups excluding carboxylic acids is 1. The van der Waals surface area contributed by atoms with Crippen LogP contribution in [0.4, 0.5) is 0 Å². The van der Waals surface area contributed by atoms with E-state index in [0.29, 0.717) is 17.1 Å². The standard InChI is InChI=1S/C16H12ClN3O/c17-13-3-4-14-12(8-13)7-10(9-20-14)6-11-2-1-5-19-15(11)16(18)21/h1-5,7-9H,6H2,(H2,18,21). The molecule has 1 aromatic carbocycles. The molecule has 0 fully saturated rings. The Morgan fingerprint density at radius 2 is 2.05 bits per heavy atom. The van der Waals surface area contributed by atoms with Gasteiger partial charge in [-0.25, -0.2) is 0 Å². The molecule has 4 nitrogen and oxygen atoms in total. The molecule has 21 heavy (non-hydrogen) atoms. The maximum Gasteiger partial charge on any atom is 0.267 e. The highest BCUT2D eigenvalue weighted by Gasteiger charge is 2.10. The Labute approximate surface area is 126 Å². The molecule has 0 aliphatic carbocycles. The number of carbonyl (C=O) groups is 1. The molecule has 2 aromatic heterocycles. The molecule has 0 aliphatic rings. The van der Waals surface area contributed by atoms with E-state index >= 15 is 0 Å². The summed E-state index contributed by atoms with van der Waals surface area (Å²) in [4.78, 5) is 19.8. The zero-order valence-corrected chi connectivity index (χ0v) is 11.8. The van der Waals surface area contributed by atoms with E-state index in [1.165, 1.54) is 0 Å². The summed E-state index contributed by atoms with van der Waals surface area (Å²) in [5, 5.41) is 1.63. The van der Waals surface area contributed by atoms with Crippen molar-refractivity contribution in [3.8, 4) is 0 Å². The number of rotatable bonds is 3. The average molecular weight is 298 g/mol. The van der Waals surface area contributed by atoms with Gasteiger partial charge in [0.2, 0.25) is 0 Å². The molecule has 5 heteroatoms. The van der Waals surface area contributed by atoms with Crippen molar-refractivity contribution >= 4 is 28.4 Å². The van der Waals surface area contributed by atoms with E-state index in [-0.39, 0.29) is 0 Å². The lowest BCUT2D eigenvalue weighted by Crippen LogP contribution is -2.15. The maximum atomic E-state index is 11.4. The lowest BCUT2D eigenvalue weighted by atomic mass is 10.0. The molecule has 0 radical (unpaired) electrons. The Balaban J connectivity index is 2.00. The molecule has 0 saturated heterocycles. The highest BCUT2D eigenvalue weighted by Crippen LogP contribution is 2.20. The van der Waals surface area contributed by atoms with E-state index in [4.69, 9.17) is 17.3 Å². The summed E-state index contributed by atoms with van der Waals surface area (Å²) in [6.45, 7) is 0. The highest BCUT2D eigenvalue weighted by atomic mass is 35.5. The van der Waals surface area contributed by atoms with Crippen LogP contribution in [0.25, 0.3) is 10.9 Å². The Kier molecular flexibility index (Phi) is 3.54. The summed E-state index contributed by atoms with van der Waals surface area (Å²) < 4.78 is 0. The zero-order valence-electron chi connectivity index (χ0n) is 11.1. The summed E-state index contributed by atoms with van der Waals surface area (Å²) in [5.41, 5.74) is 8.28. The Morgan fingerprint density at radius 3 is 2.86 bits per heavy atom. The van der Waals surface area contributed by atoms with E-state index in [9.17, 15) is 4.79 Å². The smallest absolute Gasteiger partial charge is 0.267 e. The number of halogens is 1. The van der Waals surface area contributed by atoms with Gasteiger partial charge < -0.3 is 5.73 Å². The summed E-state index contributed by atoms with van der Waals surface area (Å²) in [6.07, 6.45) is 3.89. The quantitative estimate of drug-likeness (QED) is 0.808. The number of benzene rings is 1. The topological polar surface area (TPSA) is 68.9 Å². The third kappa shape index (κ3) is 2.85. The van der Waals surface area contributed by atoms with Crippen LogP contribution < -0.4 is 5.73 Å². The summed E-state index contributed by atoms with van der Waals surface area (Å²) in [6, 6.07) is 11.2. The first kappa shape index (κ1) is 13.5. The Bertz CT molecular complexity index is 833. The van der Waals surface area contributed by atoms with E-state index in [1.54, 1.807) is 18.5 Å². The van der Waals surface area contributed by atoms with Crippen LogP contribution in [-0.4, -0.2) is 15.9 Å². The van der Waals surface area contributed by atoms with Gasteiger partial charge in [0.05, 0.1) is 5.52 Å². The number of hydrogen-bond acceptors (Lipinski definition) is 3. The van der Waals surface area contributed by atoms with Crippen LogP contribution in [0.3, 0.4) is 0 Å². The third-order valence-corrected chi connectivity index (χ3v) is 3.45. The molecule has 0 unspecified atom stereocenters. The molecular formula is C16H12ClN3O. The second kappa shape index (κ2) is 5.50. The first-order valence-corrected chi connectivity index (χ1v) is 6.79. The molecule has 0 aliphatic heterocycles. The molecule has 1 amide bonds. The van der Waals surface area contributed by atoms with Gasteiger partial charge in [-0.1, -0.05) is 17.7 Å². The summed E-state index contributed by atoms with van der Waals surface area (Å²) >= 11 is 6.00. The molecular weight excluding hydrogens is 286 g/mol. The number of nitrogens with zero attached hydrogens (tertiary/aromatic N) is 2. The largest absolute Gasteiger partial charge is 0.364 e. The van der Waals surface area contributed by atoms with Crippen molar-refractivity contribution in [1.82, 2.24) is 9.97 Å². The van der Waals surface area contributed by atoms with Crippen LogP contribution in [0, 0.1) is 0 Å². The number of amides is 1. The lowest BCUT2D eigenvalue weighted by molar-refractivity contribution is 0.0994. The number of pyridine rings is 2. The minimum absolute atomic E-state index is 0.295. The number of fused-ring (bicyclic) bond motifs is 1. The van der Waals surface area contributed by atoms with Crippen molar-refractivity contribution in [2.24, 2.45) is 5.73 Å². The maximum absolute atomic E-state index is 11.4. The number of aromatic nitrogens is 2. The molecule has 2 heterocycles. The number of hydrogen-bond donors (Lipinski definition) is 1. The number of primary amides is 1. The SMILES string of the molecule is NC(=O)c1ncccc1Cc1cnc2ccc(Cl)cc2c1. The molecule has 3 rings (SSSR count). The highest BCUT2D eigenvalue weighted by molar-refractivity contribution is 6.31. The van der Waals surface area contributed by atoms with Crippen molar-refractivity contribution in [3.05, 3.63) is 70.6 Å². The fourth-order valence-electron chi connectivity index (χ4n) is 2.27. The predicted octanol–water partition coefficient (Wildman–Crippen LogP) is 2.97. The minimum atomic E-state index is -0.526. The monoisotopic (exact) mass is 297 g/mol. The second-order valence-electron chi connectivity index (χ2n) is 4.73. The van der Waals surface area contributed by atoms with Crippen molar-refractivity contribution < 1.29 is 4.79 Å². The van der Waals surface area contributed by atoms with Gasteiger partial charge in [0, 0.05) is 29.2 Å².